The lowest BCUT2D eigenvalue weighted by molar-refractivity contribution is 0.172. The lowest BCUT2D eigenvalue weighted by Crippen LogP contribution is -2.60. The van der Waals surface area contributed by atoms with Gasteiger partial charge in [0.1, 0.15) is 13.2 Å². The molecule has 3 aliphatic rings. The Morgan fingerprint density at radius 3 is 1.77 bits per heavy atom. The van der Waals surface area contributed by atoms with Gasteiger partial charge in [-0.3, -0.25) is 0 Å². The Labute approximate surface area is 367 Å². The van der Waals surface area contributed by atoms with Gasteiger partial charge in [-0.25, -0.2) is 0 Å². The van der Waals surface area contributed by atoms with Gasteiger partial charge in [-0.15, -0.1) is 11.3 Å². The van der Waals surface area contributed by atoms with E-state index in [2.05, 4.69) is 196 Å². The number of hydrogen-bond donors (Lipinski definition) is 0. The molecule has 3 aliphatic heterocycles. The molecule has 6 heteroatoms. The van der Waals surface area contributed by atoms with Gasteiger partial charge in [-0.05, 0) is 129 Å². The van der Waals surface area contributed by atoms with E-state index in [4.69, 9.17) is 9.47 Å². The van der Waals surface area contributed by atoms with Gasteiger partial charge in [-0.1, -0.05) is 117 Å². The standard InChI is InChI=1S/C55H57BN2O2S/c1-32-24-44-49-45(25-32)58(50-33(2)26-38(27-34(50)3)55(10,11)12)51-40-29-37(54(7,8)9)19-21-48(40)61-52(51)56(49)41-30-46-47(60-23-22-59-46)31-43(41)57(44)42-20-18-36(53(4,5)6)28-39(42)35-16-14-13-15-17-35/h13-21,24-31H,22-23H2,1-12H3. The molecule has 0 radical (unpaired) electrons. The van der Waals surface area contributed by atoms with Crippen LogP contribution in [-0.2, 0) is 16.2 Å². The van der Waals surface area contributed by atoms with Crippen LogP contribution in [0.15, 0.2) is 103 Å². The smallest absolute Gasteiger partial charge is 0.264 e. The number of anilines is 6. The molecule has 0 N–H and O–H groups in total. The van der Waals surface area contributed by atoms with Crippen molar-refractivity contribution in [2.24, 2.45) is 0 Å². The van der Waals surface area contributed by atoms with Crippen molar-refractivity contribution in [1.29, 1.82) is 0 Å². The van der Waals surface area contributed by atoms with E-state index in [1.54, 1.807) is 0 Å². The molecule has 0 bridgehead atoms. The van der Waals surface area contributed by atoms with Crippen LogP contribution in [0.25, 0.3) is 21.2 Å². The summed E-state index contributed by atoms with van der Waals surface area (Å²) in [6.45, 7) is 28.8. The van der Waals surface area contributed by atoms with Crippen LogP contribution >= 0.6 is 11.3 Å². The Morgan fingerprint density at radius 1 is 0.541 bits per heavy atom. The Bertz CT molecular complexity index is 2900. The summed E-state index contributed by atoms with van der Waals surface area (Å²) in [5.74, 6) is 1.62. The van der Waals surface area contributed by atoms with Gasteiger partial charge in [0.05, 0.1) is 17.1 Å². The summed E-state index contributed by atoms with van der Waals surface area (Å²) in [7, 11) is 0. The number of fused-ring (bicyclic) bond motifs is 7. The molecular formula is C55H57BN2O2S. The first-order valence-corrected chi connectivity index (χ1v) is 22.8. The van der Waals surface area contributed by atoms with E-state index in [0.29, 0.717) is 13.2 Å². The fourth-order valence-electron chi connectivity index (χ4n) is 9.90. The zero-order valence-electron chi connectivity index (χ0n) is 37.9. The molecule has 0 saturated heterocycles. The molecule has 0 atom stereocenters. The Morgan fingerprint density at radius 2 is 1.13 bits per heavy atom. The molecule has 0 fully saturated rings. The average Bonchev–Trinajstić information content (AvgIpc) is 3.58. The Kier molecular flexibility index (Phi) is 8.96. The van der Waals surface area contributed by atoms with Crippen molar-refractivity contribution >= 4 is 78.0 Å². The fraction of sp³-hybridized carbons (Fsp3) is 0.309. The van der Waals surface area contributed by atoms with Crippen molar-refractivity contribution in [1.82, 2.24) is 0 Å². The van der Waals surface area contributed by atoms with Gasteiger partial charge in [0.25, 0.3) is 6.71 Å². The molecule has 61 heavy (non-hydrogen) atoms. The van der Waals surface area contributed by atoms with Gasteiger partial charge in [0, 0.05) is 43.6 Å². The maximum Gasteiger partial charge on any atom is 0.264 e. The normalized spacial score (nSPS) is 14.6. The zero-order chi connectivity index (χ0) is 42.9. The predicted octanol–water partition coefficient (Wildman–Crippen LogP) is 13.2. The van der Waals surface area contributed by atoms with Crippen LogP contribution < -0.4 is 35.0 Å². The molecule has 4 nitrogen and oxygen atoms in total. The molecule has 308 valence electrons. The number of thiophene rings is 1. The van der Waals surface area contributed by atoms with Crippen LogP contribution in [-0.4, -0.2) is 19.9 Å². The number of hydrogen-bond acceptors (Lipinski definition) is 5. The molecule has 6 aromatic carbocycles. The first kappa shape index (κ1) is 39.7. The van der Waals surface area contributed by atoms with Gasteiger partial charge in [0.2, 0.25) is 0 Å². The van der Waals surface area contributed by atoms with Gasteiger partial charge >= 0.3 is 0 Å². The highest BCUT2D eigenvalue weighted by Gasteiger charge is 2.47. The van der Waals surface area contributed by atoms with Crippen LogP contribution in [0, 0.1) is 20.8 Å². The first-order valence-electron chi connectivity index (χ1n) is 22.0. The monoisotopic (exact) mass is 820 g/mol. The molecule has 0 spiro atoms. The van der Waals surface area contributed by atoms with Crippen molar-refractivity contribution in [2.45, 2.75) is 99.3 Å². The highest BCUT2D eigenvalue weighted by molar-refractivity contribution is 7.33. The van der Waals surface area contributed by atoms with Crippen LogP contribution in [0.3, 0.4) is 0 Å². The third-order valence-corrected chi connectivity index (χ3v) is 14.3. The molecule has 0 aliphatic carbocycles. The molecule has 7 aromatic rings. The number of benzene rings is 6. The Balaban J connectivity index is 1.34. The lowest BCUT2D eigenvalue weighted by atomic mass is 9.36. The van der Waals surface area contributed by atoms with Crippen LogP contribution in [0.2, 0.25) is 0 Å². The van der Waals surface area contributed by atoms with E-state index in [1.165, 1.54) is 93.0 Å². The van der Waals surface area contributed by atoms with E-state index in [0.717, 1.165) is 22.9 Å². The number of ether oxygens (including phenoxy) is 2. The summed E-state index contributed by atoms with van der Waals surface area (Å²) in [6, 6.07) is 39.5. The predicted molar refractivity (Wildman–Crippen MR) is 263 cm³/mol. The third-order valence-electron chi connectivity index (χ3n) is 13.1. The summed E-state index contributed by atoms with van der Waals surface area (Å²) in [5.41, 5.74) is 20.0. The van der Waals surface area contributed by atoms with E-state index < -0.39 is 0 Å². The molecule has 0 amide bonds. The van der Waals surface area contributed by atoms with Crippen molar-refractivity contribution in [3.8, 4) is 22.6 Å². The molecular weight excluding hydrogens is 763 g/mol. The summed E-state index contributed by atoms with van der Waals surface area (Å²) >= 11 is 1.95. The second kappa shape index (κ2) is 13.8. The number of aryl methyl sites for hydroxylation is 3. The zero-order valence-corrected chi connectivity index (χ0v) is 38.7. The van der Waals surface area contributed by atoms with E-state index in [-0.39, 0.29) is 23.0 Å². The molecule has 10 rings (SSSR count). The van der Waals surface area contributed by atoms with Gasteiger partial charge in [-0.2, -0.15) is 0 Å². The maximum absolute atomic E-state index is 6.43. The van der Waals surface area contributed by atoms with Crippen molar-refractivity contribution in [2.75, 3.05) is 23.0 Å². The van der Waals surface area contributed by atoms with Crippen LogP contribution in [0.5, 0.6) is 11.5 Å². The molecule has 0 unspecified atom stereocenters. The molecule has 4 heterocycles. The van der Waals surface area contributed by atoms with Gasteiger partial charge < -0.3 is 19.3 Å². The SMILES string of the molecule is Cc1cc2c3c(c1)N(c1c(C)cc(C(C)(C)C)cc1C)c1c(sc4ccc(C(C)(C)C)cc14)B3c1cc3c(cc1N2c1ccc(C(C)(C)C)cc1-c1ccccc1)OCCO3. The summed E-state index contributed by atoms with van der Waals surface area (Å²) < 4.78 is 15.5. The minimum Gasteiger partial charge on any atom is -0.486 e. The topological polar surface area (TPSA) is 24.9 Å². The fourth-order valence-corrected chi connectivity index (χ4v) is 11.2. The summed E-state index contributed by atoms with van der Waals surface area (Å²) in [4.78, 5) is 5.20. The Hall–Kier alpha value is -5.46. The van der Waals surface area contributed by atoms with E-state index in [9.17, 15) is 0 Å². The molecule has 1 aromatic heterocycles. The van der Waals surface area contributed by atoms with Crippen molar-refractivity contribution < 1.29 is 9.47 Å². The highest BCUT2D eigenvalue weighted by Crippen LogP contribution is 2.52. The second-order valence-electron chi connectivity index (χ2n) is 20.7. The van der Waals surface area contributed by atoms with E-state index >= 15 is 0 Å². The number of rotatable bonds is 3. The van der Waals surface area contributed by atoms with Crippen LogP contribution in [0.1, 0.15) is 95.7 Å². The molecule has 0 saturated carbocycles. The van der Waals surface area contributed by atoms with Gasteiger partial charge in [0.15, 0.2) is 11.5 Å². The van der Waals surface area contributed by atoms with Crippen molar-refractivity contribution in [3.63, 3.8) is 0 Å². The second-order valence-corrected chi connectivity index (χ2v) is 21.8. The maximum atomic E-state index is 6.43. The first-order chi connectivity index (χ1) is 28.9. The van der Waals surface area contributed by atoms with Crippen molar-refractivity contribution in [3.05, 3.63) is 137 Å². The third kappa shape index (κ3) is 6.39. The lowest BCUT2D eigenvalue weighted by Gasteiger charge is -2.45. The summed E-state index contributed by atoms with van der Waals surface area (Å²) in [6.07, 6.45) is 0. The minimum atomic E-state index is -0.0297. The largest absolute Gasteiger partial charge is 0.486 e. The van der Waals surface area contributed by atoms with E-state index in [1.807, 2.05) is 11.3 Å². The minimum absolute atomic E-state index is 0.00228. The quantitative estimate of drug-likeness (QED) is 0.166. The summed E-state index contributed by atoms with van der Waals surface area (Å²) in [5, 5.41) is 1.31. The highest BCUT2D eigenvalue weighted by atomic mass is 32.1. The van der Waals surface area contributed by atoms with Crippen LogP contribution in [0.4, 0.5) is 34.1 Å². The average molecular weight is 821 g/mol. The number of nitrogens with zero attached hydrogens (tertiary/aromatic N) is 2.